The third-order valence-corrected chi connectivity index (χ3v) is 6.66. The Morgan fingerprint density at radius 2 is 1.94 bits per heavy atom. The summed E-state index contributed by atoms with van der Waals surface area (Å²) in [5, 5.41) is 3.00. The minimum absolute atomic E-state index is 0.0767. The summed E-state index contributed by atoms with van der Waals surface area (Å²) in [6.45, 7) is 3.01. The van der Waals surface area contributed by atoms with Crippen molar-refractivity contribution in [1.29, 1.82) is 0 Å². The lowest BCUT2D eigenvalue weighted by Crippen LogP contribution is -2.36. The highest BCUT2D eigenvalue weighted by molar-refractivity contribution is 8.03. The zero-order valence-electron chi connectivity index (χ0n) is 19.5. The van der Waals surface area contributed by atoms with Gasteiger partial charge in [0, 0.05) is 18.4 Å². The van der Waals surface area contributed by atoms with Crippen molar-refractivity contribution in [2.75, 3.05) is 20.5 Å². The summed E-state index contributed by atoms with van der Waals surface area (Å²) >= 11 is 1.40. The molecule has 0 heterocycles. The van der Waals surface area contributed by atoms with Crippen LogP contribution in [0.4, 0.5) is 0 Å². The van der Waals surface area contributed by atoms with Crippen LogP contribution in [0.1, 0.15) is 43.7 Å². The maximum atomic E-state index is 12.9. The van der Waals surface area contributed by atoms with Gasteiger partial charge in [0.2, 0.25) is 11.7 Å². The average Bonchev–Trinajstić information content (AvgIpc) is 3.01. The zero-order chi connectivity index (χ0) is 24.3. The summed E-state index contributed by atoms with van der Waals surface area (Å²) in [6, 6.07) is 0.654. The summed E-state index contributed by atoms with van der Waals surface area (Å²) in [5.41, 5.74) is 8.27. The Balaban J connectivity index is 2.24. The van der Waals surface area contributed by atoms with Crippen LogP contribution in [-0.2, 0) is 20.8 Å². The fraction of sp³-hybridized carbons (Fsp3) is 0.458. The first kappa shape index (κ1) is 24.9. The first-order chi connectivity index (χ1) is 15.7. The second-order valence-corrected chi connectivity index (χ2v) is 8.93. The van der Waals surface area contributed by atoms with E-state index in [1.165, 1.54) is 32.9 Å². The number of nitrogens with two attached hydrogens (primary N) is 1. The SMILES string of the molecule is COc1c(OC(=O)C(C)N)cc2c(c1OC)C1CC=C(SC)C(=O)C=C1[C@@H](NC(C)=O)CC2. The van der Waals surface area contributed by atoms with Gasteiger partial charge in [-0.15, -0.1) is 11.8 Å². The van der Waals surface area contributed by atoms with Crippen LogP contribution in [-0.4, -0.2) is 50.2 Å². The van der Waals surface area contributed by atoms with Crippen molar-refractivity contribution < 1.29 is 28.6 Å². The summed E-state index contributed by atoms with van der Waals surface area (Å²) in [4.78, 5) is 37.7. The number of ketones is 1. The molecule has 0 aromatic heterocycles. The van der Waals surface area contributed by atoms with Gasteiger partial charge in [0.15, 0.2) is 17.3 Å². The van der Waals surface area contributed by atoms with Gasteiger partial charge in [-0.25, -0.2) is 4.79 Å². The van der Waals surface area contributed by atoms with E-state index in [4.69, 9.17) is 19.9 Å². The number of ether oxygens (including phenoxy) is 3. The summed E-state index contributed by atoms with van der Waals surface area (Å²) in [5.74, 6) is -0.113. The Hall–Kier alpha value is -2.78. The van der Waals surface area contributed by atoms with Gasteiger partial charge in [0.25, 0.3) is 0 Å². The first-order valence-electron chi connectivity index (χ1n) is 10.7. The molecule has 3 atom stereocenters. The number of rotatable bonds is 6. The van der Waals surface area contributed by atoms with Gasteiger partial charge < -0.3 is 25.3 Å². The topological polar surface area (TPSA) is 117 Å². The molecule has 0 radical (unpaired) electrons. The second kappa shape index (κ2) is 10.4. The fourth-order valence-corrected chi connectivity index (χ4v) is 4.93. The molecular weight excluding hydrogens is 444 g/mol. The first-order valence-corrected chi connectivity index (χ1v) is 12.0. The third kappa shape index (κ3) is 5.09. The molecule has 3 N–H and O–H groups in total. The molecule has 1 aromatic carbocycles. The highest BCUT2D eigenvalue weighted by atomic mass is 32.2. The van der Waals surface area contributed by atoms with Crippen molar-refractivity contribution in [2.45, 2.75) is 51.1 Å². The largest absolute Gasteiger partial charge is 0.492 e. The number of amides is 1. The standard InChI is InChI=1S/C24H30N2O6S/c1-12(25)24(29)32-19-10-14-6-8-17(26-13(2)27)16-11-18(28)20(33-5)9-7-15(16)21(14)23(31-4)22(19)30-3/h9-12,15,17H,6-8,25H2,1-5H3,(H,26,27)/t12?,15?,17-/m0/s1. The number of benzene rings is 1. The minimum Gasteiger partial charge on any atom is -0.492 e. The van der Waals surface area contributed by atoms with Gasteiger partial charge in [-0.05, 0) is 55.7 Å². The average molecular weight is 475 g/mol. The molecule has 1 aromatic rings. The quantitative estimate of drug-likeness (QED) is 0.477. The van der Waals surface area contributed by atoms with Crippen molar-refractivity contribution >= 4 is 29.4 Å². The van der Waals surface area contributed by atoms with E-state index in [0.29, 0.717) is 29.9 Å². The number of aryl methyl sites for hydroxylation is 1. The number of hydrogen-bond acceptors (Lipinski definition) is 8. The van der Waals surface area contributed by atoms with Gasteiger partial charge in [0.1, 0.15) is 6.04 Å². The van der Waals surface area contributed by atoms with E-state index in [9.17, 15) is 14.4 Å². The second-order valence-electron chi connectivity index (χ2n) is 8.08. The van der Waals surface area contributed by atoms with Crippen LogP contribution in [0, 0.1) is 0 Å². The van der Waals surface area contributed by atoms with E-state index in [0.717, 1.165) is 16.7 Å². The van der Waals surface area contributed by atoms with Crippen LogP contribution in [0.15, 0.2) is 28.7 Å². The highest BCUT2D eigenvalue weighted by Crippen LogP contribution is 2.51. The number of carbonyl (C=O) groups excluding carboxylic acids is 3. The molecule has 2 aliphatic carbocycles. The monoisotopic (exact) mass is 474 g/mol. The highest BCUT2D eigenvalue weighted by Gasteiger charge is 2.36. The fourth-order valence-electron chi connectivity index (χ4n) is 4.41. The van der Waals surface area contributed by atoms with E-state index in [1.54, 1.807) is 19.1 Å². The molecule has 0 fully saturated rings. The van der Waals surface area contributed by atoms with E-state index in [-0.39, 0.29) is 35.1 Å². The van der Waals surface area contributed by atoms with Gasteiger partial charge in [-0.1, -0.05) is 6.08 Å². The molecule has 0 saturated heterocycles. The molecule has 0 saturated carbocycles. The van der Waals surface area contributed by atoms with E-state index >= 15 is 0 Å². The number of hydrogen-bond donors (Lipinski definition) is 2. The Labute approximate surface area is 197 Å². The molecule has 178 valence electrons. The van der Waals surface area contributed by atoms with Gasteiger partial charge in [-0.3, -0.25) is 9.59 Å². The normalized spacial score (nSPS) is 20.7. The van der Waals surface area contributed by atoms with Crippen molar-refractivity contribution in [2.24, 2.45) is 5.73 Å². The van der Waals surface area contributed by atoms with Gasteiger partial charge >= 0.3 is 5.97 Å². The lowest BCUT2D eigenvalue weighted by atomic mass is 9.84. The Morgan fingerprint density at radius 1 is 1.24 bits per heavy atom. The molecule has 33 heavy (non-hydrogen) atoms. The lowest BCUT2D eigenvalue weighted by Gasteiger charge is -2.27. The summed E-state index contributed by atoms with van der Waals surface area (Å²) < 4.78 is 16.9. The maximum absolute atomic E-state index is 12.9. The molecule has 8 nitrogen and oxygen atoms in total. The maximum Gasteiger partial charge on any atom is 0.328 e. The Bertz CT molecular complexity index is 1030. The van der Waals surface area contributed by atoms with Crippen LogP contribution < -0.4 is 25.3 Å². The van der Waals surface area contributed by atoms with E-state index in [2.05, 4.69) is 5.32 Å². The number of esters is 1. The van der Waals surface area contributed by atoms with Crippen molar-refractivity contribution in [3.63, 3.8) is 0 Å². The van der Waals surface area contributed by atoms with Crippen LogP contribution in [0.25, 0.3) is 0 Å². The Kier molecular flexibility index (Phi) is 7.86. The summed E-state index contributed by atoms with van der Waals surface area (Å²) in [7, 11) is 3.00. The van der Waals surface area contributed by atoms with Gasteiger partial charge in [0.05, 0.1) is 25.2 Å². The van der Waals surface area contributed by atoms with E-state index < -0.39 is 12.0 Å². The zero-order valence-corrected chi connectivity index (χ0v) is 20.3. The molecule has 0 bridgehead atoms. The van der Waals surface area contributed by atoms with Crippen LogP contribution in [0.5, 0.6) is 17.2 Å². The third-order valence-electron chi connectivity index (χ3n) is 5.85. The molecule has 3 rings (SSSR count). The number of nitrogens with one attached hydrogen (secondary N) is 1. The van der Waals surface area contributed by atoms with Gasteiger partial charge in [-0.2, -0.15) is 0 Å². The number of fused-ring (bicyclic) bond motifs is 3. The van der Waals surface area contributed by atoms with Crippen molar-refractivity contribution in [3.05, 3.63) is 39.8 Å². The Morgan fingerprint density at radius 3 is 2.52 bits per heavy atom. The molecule has 1 amide bonds. The number of thioether (sulfide) groups is 1. The van der Waals surface area contributed by atoms with Crippen molar-refractivity contribution in [1.82, 2.24) is 5.32 Å². The lowest BCUT2D eigenvalue weighted by molar-refractivity contribution is -0.135. The number of methoxy groups -OCH3 is 2. The molecule has 9 heteroatoms. The number of allylic oxidation sites excluding steroid dienone is 3. The van der Waals surface area contributed by atoms with E-state index in [1.807, 2.05) is 12.3 Å². The van der Waals surface area contributed by atoms with Crippen molar-refractivity contribution in [3.8, 4) is 17.2 Å². The molecule has 2 unspecified atom stereocenters. The molecule has 0 spiro atoms. The van der Waals surface area contributed by atoms with Crippen LogP contribution in [0.3, 0.4) is 0 Å². The molecular formula is C24H30N2O6S. The minimum atomic E-state index is -0.804. The molecule has 0 aliphatic heterocycles. The molecule has 2 aliphatic rings. The van der Waals surface area contributed by atoms with Crippen LogP contribution >= 0.6 is 11.8 Å². The van der Waals surface area contributed by atoms with Crippen LogP contribution in [0.2, 0.25) is 0 Å². The predicted octanol–water partition coefficient (Wildman–Crippen LogP) is 2.64. The number of carbonyl (C=O) groups is 3. The predicted molar refractivity (Wildman–Crippen MR) is 127 cm³/mol. The summed E-state index contributed by atoms with van der Waals surface area (Å²) in [6.07, 6.45) is 7.14. The smallest absolute Gasteiger partial charge is 0.328 e.